The third-order valence-electron chi connectivity index (χ3n) is 1.17. The minimum absolute atomic E-state index is 0.164. The topological polar surface area (TPSA) is 86.1 Å². The summed E-state index contributed by atoms with van der Waals surface area (Å²) in [7, 11) is 1.61. The first-order valence-corrected chi connectivity index (χ1v) is 3.84. The van der Waals surface area contributed by atoms with Gasteiger partial charge in [-0.1, -0.05) is 11.6 Å². The van der Waals surface area contributed by atoms with Crippen molar-refractivity contribution in [3.05, 3.63) is 23.4 Å². The van der Waals surface area contributed by atoms with Crippen LogP contribution < -0.4 is 5.73 Å². The van der Waals surface area contributed by atoms with Crippen molar-refractivity contribution in [3.63, 3.8) is 0 Å². The molecule has 0 aromatic rings. The van der Waals surface area contributed by atoms with Crippen LogP contribution in [0.15, 0.2) is 28.4 Å². The van der Waals surface area contributed by atoms with Gasteiger partial charge in [-0.2, -0.15) is 0 Å². The molecule has 4 N–H and O–H groups in total. The lowest BCUT2D eigenvalue weighted by Gasteiger charge is -1.98. The van der Waals surface area contributed by atoms with Crippen molar-refractivity contribution in [1.29, 1.82) is 10.8 Å². The minimum atomic E-state index is -0.164. The van der Waals surface area contributed by atoms with Crippen LogP contribution in [0.3, 0.4) is 0 Å². The Kier molecular flexibility index (Phi) is 5.47. The Labute approximate surface area is 81.8 Å². The molecule has 13 heavy (non-hydrogen) atoms. The molecule has 0 spiro atoms. The van der Waals surface area contributed by atoms with Crippen LogP contribution >= 0.6 is 11.6 Å². The van der Waals surface area contributed by atoms with Crippen molar-refractivity contribution in [2.24, 2.45) is 10.7 Å². The summed E-state index contributed by atoms with van der Waals surface area (Å²) in [6, 6.07) is 0. The number of halogens is 1. The number of nitrogens with two attached hydrogens (primary N) is 1. The second kappa shape index (κ2) is 6.14. The van der Waals surface area contributed by atoms with Gasteiger partial charge in [-0.3, -0.25) is 10.4 Å². The van der Waals surface area contributed by atoms with Gasteiger partial charge in [-0.25, -0.2) is 0 Å². The molecule has 0 amide bonds. The summed E-state index contributed by atoms with van der Waals surface area (Å²) in [4.78, 5) is 3.70. The fourth-order valence-electron chi connectivity index (χ4n) is 0.596. The summed E-state index contributed by atoms with van der Waals surface area (Å²) < 4.78 is 0. The van der Waals surface area contributed by atoms with Crippen molar-refractivity contribution >= 4 is 29.2 Å². The van der Waals surface area contributed by atoms with Crippen LogP contribution in [0.4, 0.5) is 0 Å². The molecule has 0 aliphatic heterocycles. The lowest BCUT2D eigenvalue weighted by Crippen LogP contribution is -2.03. The molecule has 0 rings (SSSR count). The number of hydrogen-bond donors (Lipinski definition) is 3. The average molecular weight is 199 g/mol. The zero-order valence-electron chi connectivity index (χ0n) is 7.21. The summed E-state index contributed by atoms with van der Waals surface area (Å²) in [5.74, 6) is 0. The van der Waals surface area contributed by atoms with E-state index in [1.54, 1.807) is 7.05 Å². The maximum atomic E-state index is 7.01. The SMILES string of the molecule is CN=CC=C(N)/C(C=N)=C/C(=N)Cl. The average Bonchev–Trinajstić information content (AvgIpc) is 2.09. The van der Waals surface area contributed by atoms with Crippen LogP contribution in [0.25, 0.3) is 0 Å². The highest BCUT2D eigenvalue weighted by atomic mass is 35.5. The van der Waals surface area contributed by atoms with Crippen LogP contribution in [0.5, 0.6) is 0 Å². The number of nitrogens with one attached hydrogen (secondary N) is 2. The second-order valence-electron chi connectivity index (χ2n) is 2.12. The van der Waals surface area contributed by atoms with E-state index >= 15 is 0 Å². The van der Waals surface area contributed by atoms with E-state index < -0.39 is 0 Å². The van der Waals surface area contributed by atoms with Gasteiger partial charge in [0, 0.05) is 30.7 Å². The summed E-state index contributed by atoms with van der Waals surface area (Å²) in [5, 5.41) is 13.8. The van der Waals surface area contributed by atoms with E-state index in [4.69, 9.17) is 28.2 Å². The van der Waals surface area contributed by atoms with Crippen molar-refractivity contribution < 1.29 is 0 Å². The van der Waals surface area contributed by atoms with Gasteiger partial charge in [0.05, 0.1) is 0 Å². The highest BCUT2D eigenvalue weighted by molar-refractivity contribution is 6.67. The summed E-state index contributed by atoms with van der Waals surface area (Å²) in [5.41, 5.74) is 6.30. The van der Waals surface area contributed by atoms with Gasteiger partial charge in [0.2, 0.25) is 0 Å². The molecule has 0 saturated heterocycles. The van der Waals surface area contributed by atoms with E-state index in [1.165, 1.54) is 18.4 Å². The van der Waals surface area contributed by atoms with E-state index in [0.717, 1.165) is 6.21 Å². The predicted octanol–water partition coefficient (Wildman–Crippen LogP) is 1.32. The molecule has 0 unspecified atom stereocenters. The molecule has 0 saturated carbocycles. The zero-order valence-corrected chi connectivity index (χ0v) is 7.97. The molecular weight excluding hydrogens is 188 g/mol. The summed E-state index contributed by atoms with van der Waals surface area (Å²) in [6.45, 7) is 0. The number of rotatable bonds is 4. The van der Waals surface area contributed by atoms with Gasteiger partial charge >= 0.3 is 0 Å². The van der Waals surface area contributed by atoms with Gasteiger partial charge in [0.1, 0.15) is 5.17 Å². The molecule has 0 atom stereocenters. The smallest absolute Gasteiger partial charge is 0.121 e. The molecule has 0 aliphatic carbocycles. The van der Waals surface area contributed by atoms with E-state index in [2.05, 4.69) is 4.99 Å². The fraction of sp³-hybridized carbons (Fsp3) is 0.125. The van der Waals surface area contributed by atoms with Gasteiger partial charge in [-0.05, 0) is 12.2 Å². The molecule has 70 valence electrons. The number of aliphatic imine (C=N–C) groups is 1. The number of hydrogen-bond acceptors (Lipinski definition) is 4. The Morgan fingerprint density at radius 1 is 1.54 bits per heavy atom. The second-order valence-corrected chi connectivity index (χ2v) is 2.53. The molecule has 0 radical (unpaired) electrons. The van der Waals surface area contributed by atoms with Crippen LogP contribution in [0, 0.1) is 10.8 Å². The van der Waals surface area contributed by atoms with Crippen molar-refractivity contribution in [3.8, 4) is 0 Å². The Bertz CT molecular complexity index is 289. The molecule has 0 aromatic carbocycles. The quantitative estimate of drug-likeness (QED) is 0.462. The van der Waals surface area contributed by atoms with Crippen molar-refractivity contribution in [2.45, 2.75) is 0 Å². The molecule has 5 heteroatoms. The monoisotopic (exact) mass is 198 g/mol. The van der Waals surface area contributed by atoms with Gasteiger partial charge in [0.15, 0.2) is 0 Å². The highest BCUT2D eigenvalue weighted by Gasteiger charge is 1.96. The Balaban J connectivity index is 4.78. The molecule has 4 nitrogen and oxygen atoms in total. The first-order chi connectivity index (χ1) is 6.11. The van der Waals surface area contributed by atoms with Crippen LogP contribution in [-0.4, -0.2) is 24.6 Å². The molecule has 0 heterocycles. The third-order valence-corrected chi connectivity index (χ3v) is 1.28. The first-order valence-electron chi connectivity index (χ1n) is 3.46. The molecule has 0 aliphatic rings. The number of allylic oxidation sites excluding steroid dienone is 3. The lowest BCUT2D eigenvalue weighted by atomic mass is 10.2. The third kappa shape index (κ3) is 4.92. The maximum Gasteiger partial charge on any atom is 0.121 e. The van der Waals surface area contributed by atoms with Crippen LogP contribution in [-0.2, 0) is 0 Å². The molecular formula is C8H11ClN4. The van der Waals surface area contributed by atoms with E-state index in [1.807, 2.05) is 0 Å². The normalized spacial score (nSPS) is 13.4. The zero-order chi connectivity index (χ0) is 10.3. The fourth-order valence-corrected chi connectivity index (χ4v) is 0.713. The van der Waals surface area contributed by atoms with E-state index in [-0.39, 0.29) is 5.17 Å². The summed E-state index contributed by atoms with van der Waals surface area (Å²) in [6.07, 6.45) is 5.37. The lowest BCUT2D eigenvalue weighted by molar-refractivity contribution is 1.38. The summed E-state index contributed by atoms with van der Waals surface area (Å²) >= 11 is 5.32. The predicted molar refractivity (Wildman–Crippen MR) is 57.1 cm³/mol. The van der Waals surface area contributed by atoms with E-state index in [0.29, 0.717) is 11.3 Å². The van der Waals surface area contributed by atoms with Gasteiger partial charge < -0.3 is 11.1 Å². The number of nitrogens with zero attached hydrogens (tertiary/aromatic N) is 1. The van der Waals surface area contributed by atoms with Crippen molar-refractivity contribution in [2.75, 3.05) is 7.05 Å². The maximum absolute atomic E-state index is 7.01. The molecule has 0 aromatic heterocycles. The molecule has 0 bridgehead atoms. The minimum Gasteiger partial charge on any atom is -0.398 e. The van der Waals surface area contributed by atoms with E-state index in [9.17, 15) is 0 Å². The van der Waals surface area contributed by atoms with Crippen LogP contribution in [0.1, 0.15) is 0 Å². The highest BCUT2D eigenvalue weighted by Crippen LogP contribution is 2.01. The largest absolute Gasteiger partial charge is 0.398 e. The Hall–Kier alpha value is -1.42. The Morgan fingerprint density at radius 3 is 2.54 bits per heavy atom. The van der Waals surface area contributed by atoms with Crippen molar-refractivity contribution in [1.82, 2.24) is 0 Å². The van der Waals surface area contributed by atoms with Crippen LogP contribution in [0.2, 0.25) is 0 Å². The standard InChI is InChI=1S/C8H11ClN4/c1-13-3-2-7(11)6(5-10)4-8(9)12/h2-5,10,12H,11H2,1H3/b6-4+,7-2?,10-5?,12-8?,13-3?. The van der Waals surface area contributed by atoms with Gasteiger partial charge in [-0.15, -0.1) is 0 Å². The Morgan fingerprint density at radius 2 is 2.15 bits per heavy atom. The first kappa shape index (κ1) is 11.6. The molecule has 0 fully saturated rings. The van der Waals surface area contributed by atoms with Gasteiger partial charge in [0.25, 0.3) is 0 Å².